The average molecular weight is 375 g/mol. The molecule has 0 saturated heterocycles. The van der Waals surface area contributed by atoms with Gasteiger partial charge in [-0.1, -0.05) is 17.7 Å². The molecule has 144 valence electrons. The number of rotatable bonds is 4. The van der Waals surface area contributed by atoms with Crippen molar-refractivity contribution in [1.82, 2.24) is 14.5 Å². The number of carbonyl (C=O) groups excluding carboxylic acids is 1. The van der Waals surface area contributed by atoms with E-state index in [1.165, 1.54) is 11.1 Å². The first-order valence-corrected chi connectivity index (χ1v) is 9.75. The topological polar surface area (TPSA) is 55.2 Å². The van der Waals surface area contributed by atoms with Gasteiger partial charge >= 0.3 is 0 Å². The fourth-order valence-electron chi connectivity index (χ4n) is 4.44. The maximum absolute atomic E-state index is 13.5. The summed E-state index contributed by atoms with van der Waals surface area (Å²) in [6, 6.07) is 2.05. The molecule has 0 fully saturated rings. The zero-order valence-corrected chi connectivity index (χ0v) is 16.4. The lowest BCUT2D eigenvalue weighted by Crippen LogP contribution is -2.35. The fourth-order valence-corrected chi connectivity index (χ4v) is 4.44. The van der Waals surface area contributed by atoms with Gasteiger partial charge in [0.1, 0.15) is 0 Å². The van der Waals surface area contributed by atoms with Crippen molar-refractivity contribution in [2.75, 3.05) is 7.05 Å². The van der Waals surface area contributed by atoms with E-state index in [2.05, 4.69) is 11.6 Å². The van der Waals surface area contributed by atoms with Crippen LogP contribution in [0.25, 0.3) is 6.08 Å². The Morgan fingerprint density at radius 1 is 1.46 bits per heavy atom. The van der Waals surface area contributed by atoms with Crippen molar-refractivity contribution in [3.05, 3.63) is 81.1 Å². The van der Waals surface area contributed by atoms with E-state index in [0.29, 0.717) is 24.1 Å². The van der Waals surface area contributed by atoms with E-state index in [9.17, 15) is 9.59 Å². The predicted molar refractivity (Wildman–Crippen MR) is 110 cm³/mol. The third-order valence-corrected chi connectivity index (χ3v) is 5.83. The summed E-state index contributed by atoms with van der Waals surface area (Å²) in [7, 11) is 1.86. The number of aryl methyl sites for hydroxylation is 1. The van der Waals surface area contributed by atoms with Gasteiger partial charge in [-0.2, -0.15) is 0 Å². The van der Waals surface area contributed by atoms with Crippen LogP contribution >= 0.6 is 0 Å². The molecule has 0 aliphatic heterocycles. The third kappa shape index (κ3) is 3.01. The monoisotopic (exact) mass is 375 g/mol. The molecule has 0 aromatic carbocycles. The van der Waals surface area contributed by atoms with Crippen LogP contribution in [0.3, 0.4) is 0 Å². The lowest BCUT2D eigenvalue weighted by atomic mass is 9.88. The van der Waals surface area contributed by atoms with Crippen molar-refractivity contribution in [2.45, 2.75) is 45.2 Å². The molecule has 2 aliphatic rings. The maximum Gasteiger partial charge on any atom is 0.256 e. The molecular weight excluding hydrogens is 350 g/mol. The lowest BCUT2D eigenvalue weighted by Gasteiger charge is -2.33. The summed E-state index contributed by atoms with van der Waals surface area (Å²) in [5.41, 5.74) is 5.57. The molecule has 0 N–H and O–H groups in total. The third-order valence-electron chi connectivity index (χ3n) is 5.83. The molecule has 2 aromatic rings. The second kappa shape index (κ2) is 7.23. The van der Waals surface area contributed by atoms with Gasteiger partial charge in [-0.05, 0) is 55.4 Å². The Labute approximate surface area is 165 Å². The van der Waals surface area contributed by atoms with Crippen LogP contribution in [0.15, 0.2) is 47.7 Å². The minimum atomic E-state index is -0.0466. The number of hydrogen-bond donors (Lipinski definition) is 0. The van der Waals surface area contributed by atoms with E-state index >= 15 is 0 Å². The summed E-state index contributed by atoms with van der Waals surface area (Å²) < 4.78 is 1.60. The minimum absolute atomic E-state index is 0.0289. The van der Waals surface area contributed by atoms with Gasteiger partial charge in [-0.25, -0.2) is 0 Å². The SMILES string of the molecule is C=CCn1cc(C(=O)N(C)C2CCCc3cnccc32)c2c(c1=O)CC(C)=C2. The Hall–Kier alpha value is -2.95. The number of carbonyl (C=O) groups is 1. The number of allylic oxidation sites excluding steroid dienone is 2. The molecule has 4 rings (SSSR count). The van der Waals surface area contributed by atoms with Crippen molar-refractivity contribution in [1.29, 1.82) is 0 Å². The van der Waals surface area contributed by atoms with E-state index in [-0.39, 0.29) is 17.5 Å². The van der Waals surface area contributed by atoms with Crippen LogP contribution in [-0.4, -0.2) is 27.4 Å². The molecule has 0 saturated carbocycles. The molecular formula is C23H25N3O2. The first kappa shape index (κ1) is 18.4. The van der Waals surface area contributed by atoms with Gasteiger partial charge in [0.15, 0.2) is 0 Å². The summed E-state index contributed by atoms with van der Waals surface area (Å²) >= 11 is 0. The van der Waals surface area contributed by atoms with Gasteiger partial charge in [0, 0.05) is 37.7 Å². The zero-order chi connectivity index (χ0) is 19.8. The van der Waals surface area contributed by atoms with Crippen LogP contribution in [0.2, 0.25) is 0 Å². The molecule has 2 aliphatic carbocycles. The Morgan fingerprint density at radius 2 is 2.29 bits per heavy atom. The first-order chi connectivity index (χ1) is 13.5. The summed E-state index contributed by atoms with van der Waals surface area (Å²) in [6.45, 7) is 6.14. The smallest absolute Gasteiger partial charge is 0.256 e. The highest BCUT2D eigenvalue weighted by atomic mass is 16.2. The second-order valence-electron chi connectivity index (χ2n) is 7.75. The molecule has 0 spiro atoms. The van der Waals surface area contributed by atoms with Gasteiger partial charge in [-0.3, -0.25) is 14.6 Å². The van der Waals surface area contributed by atoms with Gasteiger partial charge in [0.05, 0.1) is 11.6 Å². The van der Waals surface area contributed by atoms with Crippen LogP contribution in [0.1, 0.15) is 58.4 Å². The predicted octanol–water partition coefficient (Wildman–Crippen LogP) is 3.54. The fraction of sp³-hybridized carbons (Fsp3) is 0.348. The molecule has 1 atom stereocenters. The standard InChI is InChI=1S/C23H25N3O2/c1-4-10-26-14-20(18-11-15(2)12-19(18)23(26)28)22(27)25(3)21-7-5-6-16-13-24-9-8-17(16)21/h4,8-9,11,13-14,21H,1,5-7,10,12H2,2-3H3. The summed E-state index contributed by atoms with van der Waals surface area (Å²) in [4.78, 5) is 32.3. The molecule has 1 unspecified atom stereocenters. The Morgan fingerprint density at radius 3 is 3.07 bits per heavy atom. The highest BCUT2D eigenvalue weighted by molar-refractivity contribution is 5.99. The second-order valence-corrected chi connectivity index (χ2v) is 7.75. The van der Waals surface area contributed by atoms with Gasteiger partial charge in [0.2, 0.25) is 0 Å². The average Bonchev–Trinajstić information content (AvgIpc) is 3.10. The van der Waals surface area contributed by atoms with Crippen LogP contribution in [-0.2, 0) is 19.4 Å². The van der Waals surface area contributed by atoms with Gasteiger partial charge in [0.25, 0.3) is 11.5 Å². The number of hydrogen-bond acceptors (Lipinski definition) is 3. The molecule has 28 heavy (non-hydrogen) atoms. The zero-order valence-electron chi connectivity index (χ0n) is 16.4. The Bertz CT molecular complexity index is 1050. The van der Waals surface area contributed by atoms with E-state index in [1.54, 1.807) is 23.0 Å². The Balaban J connectivity index is 1.77. The van der Waals surface area contributed by atoms with Crippen molar-refractivity contribution >= 4 is 12.0 Å². The van der Waals surface area contributed by atoms with Crippen molar-refractivity contribution in [3.8, 4) is 0 Å². The normalized spacial score (nSPS) is 17.5. The summed E-state index contributed by atoms with van der Waals surface area (Å²) in [5.74, 6) is -0.0466. The van der Waals surface area contributed by atoms with E-state index < -0.39 is 0 Å². The number of aromatic nitrogens is 2. The summed E-state index contributed by atoms with van der Waals surface area (Å²) in [6.07, 6.45) is 12.7. The number of fused-ring (bicyclic) bond motifs is 2. The molecule has 2 heterocycles. The van der Waals surface area contributed by atoms with Crippen LogP contribution in [0, 0.1) is 0 Å². The highest BCUT2D eigenvalue weighted by Crippen LogP contribution is 2.35. The van der Waals surface area contributed by atoms with Gasteiger partial charge < -0.3 is 9.47 Å². The van der Waals surface area contributed by atoms with Crippen LogP contribution in [0.5, 0.6) is 0 Å². The molecule has 1 amide bonds. The number of amides is 1. The largest absolute Gasteiger partial charge is 0.335 e. The van der Waals surface area contributed by atoms with E-state index in [1.807, 2.05) is 37.2 Å². The minimum Gasteiger partial charge on any atom is -0.335 e. The van der Waals surface area contributed by atoms with Gasteiger partial charge in [-0.15, -0.1) is 6.58 Å². The van der Waals surface area contributed by atoms with E-state index in [4.69, 9.17) is 0 Å². The molecule has 2 aromatic heterocycles. The maximum atomic E-state index is 13.5. The van der Waals surface area contributed by atoms with Crippen molar-refractivity contribution in [2.24, 2.45) is 0 Å². The first-order valence-electron chi connectivity index (χ1n) is 9.75. The van der Waals surface area contributed by atoms with Crippen LogP contribution in [0.4, 0.5) is 0 Å². The molecule has 0 radical (unpaired) electrons. The summed E-state index contributed by atoms with van der Waals surface area (Å²) in [5, 5.41) is 0. The van der Waals surface area contributed by atoms with Crippen LogP contribution < -0.4 is 5.56 Å². The number of pyridine rings is 2. The highest BCUT2D eigenvalue weighted by Gasteiger charge is 2.30. The quantitative estimate of drug-likeness (QED) is 0.768. The van der Waals surface area contributed by atoms with Crippen molar-refractivity contribution < 1.29 is 4.79 Å². The lowest BCUT2D eigenvalue weighted by molar-refractivity contribution is 0.0713. The molecule has 5 nitrogen and oxygen atoms in total. The molecule has 5 heteroatoms. The Kier molecular flexibility index (Phi) is 4.75. The molecule has 0 bridgehead atoms. The number of nitrogens with zero attached hydrogens (tertiary/aromatic N) is 3. The van der Waals surface area contributed by atoms with E-state index in [0.717, 1.165) is 30.4 Å². The van der Waals surface area contributed by atoms with Crippen molar-refractivity contribution in [3.63, 3.8) is 0 Å².